The first-order chi connectivity index (χ1) is 15.3. The van der Waals surface area contributed by atoms with Gasteiger partial charge in [0, 0.05) is 29.8 Å². The van der Waals surface area contributed by atoms with Crippen molar-refractivity contribution < 1.29 is 9.84 Å². The lowest BCUT2D eigenvalue weighted by atomic mass is 10.1. The molecule has 0 fully saturated rings. The SMILES string of the molecule is OCc1ccc(-c2nccnc2Oc2ccc(NC3=NC4C=CC=CC4S3)cc2)cn1. The number of aliphatic imine (C=N–C) groups is 1. The van der Waals surface area contributed by atoms with Gasteiger partial charge in [-0.2, -0.15) is 0 Å². The average molecular weight is 430 g/mol. The van der Waals surface area contributed by atoms with Crippen LogP contribution in [0.3, 0.4) is 0 Å². The number of amidine groups is 1. The molecule has 0 saturated heterocycles. The molecule has 5 rings (SSSR count). The van der Waals surface area contributed by atoms with E-state index >= 15 is 0 Å². The number of thioether (sulfide) groups is 1. The zero-order chi connectivity index (χ0) is 21.0. The highest BCUT2D eigenvalue weighted by Crippen LogP contribution is 2.33. The summed E-state index contributed by atoms with van der Waals surface area (Å²) in [5.74, 6) is 1.04. The van der Waals surface area contributed by atoms with E-state index in [2.05, 4.69) is 38.5 Å². The van der Waals surface area contributed by atoms with E-state index in [1.54, 1.807) is 36.4 Å². The van der Waals surface area contributed by atoms with Crippen molar-refractivity contribution >= 4 is 22.6 Å². The number of hydrogen-bond donors (Lipinski definition) is 2. The van der Waals surface area contributed by atoms with Crippen LogP contribution in [0, 0.1) is 0 Å². The van der Waals surface area contributed by atoms with Gasteiger partial charge in [-0.25, -0.2) is 9.97 Å². The van der Waals surface area contributed by atoms with Crippen LogP contribution in [0.2, 0.25) is 0 Å². The number of fused-ring (bicyclic) bond motifs is 1. The van der Waals surface area contributed by atoms with Crippen LogP contribution in [0.5, 0.6) is 11.6 Å². The van der Waals surface area contributed by atoms with Crippen LogP contribution in [0.25, 0.3) is 11.3 Å². The molecule has 2 unspecified atom stereocenters. The molecule has 0 bridgehead atoms. The smallest absolute Gasteiger partial charge is 0.246 e. The summed E-state index contributed by atoms with van der Waals surface area (Å²) >= 11 is 1.73. The van der Waals surface area contributed by atoms with Gasteiger partial charge in [-0.05, 0) is 36.4 Å². The van der Waals surface area contributed by atoms with E-state index < -0.39 is 0 Å². The Bertz CT molecular complexity index is 1160. The van der Waals surface area contributed by atoms with E-state index in [1.807, 2.05) is 36.4 Å². The minimum atomic E-state index is -0.107. The maximum absolute atomic E-state index is 9.18. The highest BCUT2D eigenvalue weighted by molar-refractivity contribution is 8.15. The molecule has 8 heteroatoms. The van der Waals surface area contributed by atoms with Crippen LogP contribution < -0.4 is 10.1 Å². The molecule has 0 saturated carbocycles. The Labute approximate surface area is 183 Å². The van der Waals surface area contributed by atoms with Crippen molar-refractivity contribution in [3.63, 3.8) is 0 Å². The molecule has 0 radical (unpaired) electrons. The Morgan fingerprint density at radius 1 is 0.968 bits per heavy atom. The summed E-state index contributed by atoms with van der Waals surface area (Å²) in [7, 11) is 0. The molecule has 1 aromatic carbocycles. The highest BCUT2D eigenvalue weighted by Gasteiger charge is 2.27. The number of nitrogens with one attached hydrogen (secondary N) is 1. The molecule has 0 spiro atoms. The topological polar surface area (TPSA) is 92.5 Å². The number of pyridine rings is 1. The minimum Gasteiger partial charge on any atom is -0.437 e. The third-order valence-electron chi connectivity index (χ3n) is 4.82. The number of hydrogen-bond acceptors (Lipinski definition) is 8. The van der Waals surface area contributed by atoms with E-state index in [4.69, 9.17) is 9.73 Å². The van der Waals surface area contributed by atoms with E-state index in [9.17, 15) is 5.11 Å². The standard InChI is InChI=1S/C23H19N5O2S/c29-14-17-6-5-15(13-26-17)21-22(25-12-11-24-21)30-18-9-7-16(8-10-18)27-23-28-19-3-1-2-4-20(19)31-23/h1-13,19-20,29H,14H2,(H,27,28). The molecular formula is C23H19N5O2S. The van der Waals surface area contributed by atoms with Crippen LogP contribution in [-0.2, 0) is 6.61 Å². The Hall–Kier alpha value is -3.49. The Morgan fingerprint density at radius 3 is 2.58 bits per heavy atom. The molecule has 1 aliphatic heterocycles. The second-order valence-corrected chi connectivity index (χ2v) is 8.10. The zero-order valence-electron chi connectivity index (χ0n) is 16.4. The third kappa shape index (κ3) is 4.35. The summed E-state index contributed by atoms with van der Waals surface area (Å²) < 4.78 is 5.99. The fourth-order valence-corrected chi connectivity index (χ4v) is 4.33. The zero-order valence-corrected chi connectivity index (χ0v) is 17.2. The largest absolute Gasteiger partial charge is 0.437 e. The number of rotatable bonds is 5. The molecule has 2 aliphatic rings. The van der Waals surface area contributed by atoms with Crippen LogP contribution in [0.15, 0.2) is 84.3 Å². The molecule has 3 heterocycles. The molecule has 31 heavy (non-hydrogen) atoms. The highest BCUT2D eigenvalue weighted by atomic mass is 32.2. The molecular weight excluding hydrogens is 410 g/mol. The second kappa shape index (κ2) is 8.71. The maximum Gasteiger partial charge on any atom is 0.246 e. The van der Waals surface area contributed by atoms with E-state index in [1.165, 1.54) is 0 Å². The molecule has 154 valence electrons. The van der Waals surface area contributed by atoms with Gasteiger partial charge in [-0.15, -0.1) is 0 Å². The summed E-state index contributed by atoms with van der Waals surface area (Å²) in [6.07, 6.45) is 13.2. The summed E-state index contributed by atoms with van der Waals surface area (Å²) in [5.41, 5.74) is 2.88. The van der Waals surface area contributed by atoms with Gasteiger partial charge in [0.2, 0.25) is 5.88 Å². The third-order valence-corrected chi connectivity index (χ3v) is 5.95. The van der Waals surface area contributed by atoms with Crippen molar-refractivity contribution in [3.8, 4) is 22.9 Å². The lowest BCUT2D eigenvalue weighted by molar-refractivity contribution is 0.277. The first kappa shape index (κ1) is 19.5. The number of ether oxygens (including phenoxy) is 1. The molecule has 1 aliphatic carbocycles. The van der Waals surface area contributed by atoms with Gasteiger partial charge in [-0.1, -0.05) is 36.1 Å². The maximum atomic E-state index is 9.18. The van der Waals surface area contributed by atoms with Crippen LogP contribution in [0.1, 0.15) is 5.69 Å². The van der Waals surface area contributed by atoms with Crippen molar-refractivity contribution in [1.29, 1.82) is 0 Å². The Balaban J connectivity index is 1.29. The number of aliphatic hydroxyl groups is 1. The van der Waals surface area contributed by atoms with Gasteiger partial charge in [0.15, 0.2) is 5.17 Å². The minimum absolute atomic E-state index is 0.107. The fourth-order valence-electron chi connectivity index (χ4n) is 3.25. The molecule has 2 N–H and O–H groups in total. The monoisotopic (exact) mass is 429 g/mol. The van der Waals surface area contributed by atoms with Gasteiger partial charge in [-0.3, -0.25) is 9.98 Å². The van der Waals surface area contributed by atoms with Gasteiger partial charge in [0.05, 0.1) is 23.6 Å². The van der Waals surface area contributed by atoms with Crippen LogP contribution in [-0.4, -0.2) is 36.5 Å². The predicted molar refractivity (Wildman–Crippen MR) is 122 cm³/mol. The molecule has 7 nitrogen and oxygen atoms in total. The lowest BCUT2D eigenvalue weighted by Gasteiger charge is -2.11. The Kier molecular flexibility index (Phi) is 5.47. The summed E-state index contributed by atoms with van der Waals surface area (Å²) in [6, 6.07) is 11.4. The number of aliphatic hydroxyl groups excluding tert-OH is 1. The van der Waals surface area contributed by atoms with E-state index in [0.29, 0.717) is 28.3 Å². The van der Waals surface area contributed by atoms with Crippen molar-refractivity contribution in [2.45, 2.75) is 17.9 Å². The van der Waals surface area contributed by atoms with Gasteiger partial charge in [0.25, 0.3) is 0 Å². The molecule has 2 atom stereocenters. The van der Waals surface area contributed by atoms with Gasteiger partial charge >= 0.3 is 0 Å². The Morgan fingerprint density at radius 2 is 1.81 bits per heavy atom. The summed E-state index contributed by atoms with van der Waals surface area (Å²) in [4.78, 5) is 17.6. The lowest BCUT2D eigenvalue weighted by Crippen LogP contribution is -2.13. The van der Waals surface area contributed by atoms with E-state index in [-0.39, 0.29) is 12.6 Å². The molecule has 3 aromatic rings. The number of nitrogens with zero attached hydrogens (tertiary/aromatic N) is 4. The molecule has 2 aromatic heterocycles. The quantitative estimate of drug-likeness (QED) is 0.628. The van der Waals surface area contributed by atoms with Crippen molar-refractivity contribution in [2.24, 2.45) is 4.99 Å². The van der Waals surface area contributed by atoms with Crippen molar-refractivity contribution in [1.82, 2.24) is 15.0 Å². The van der Waals surface area contributed by atoms with Crippen molar-refractivity contribution in [2.75, 3.05) is 5.32 Å². The first-order valence-corrected chi connectivity index (χ1v) is 10.7. The normalized spacial score (nSPS) is 19.1. The fraction of sp³-hybridized carbons (Fsp3) is 0.130. The van der Waals surface area contributed by atoms with Crippen LogP contribution in [0.4, 0.5) is 5.69 Å². The van der Waals surface area contributed by atoms with E-state index in [0.717, 1.165) is 16.4 Å². The van der Waals surface area contributed by atoms with Gasteiger partial charge < -0.3 is 15.2 Å². The first-order valence-electron chi connectivity index (χ1n) is 9.80. The molecule has 0 amide bonds. The number of allylic oxidation sites excluding steroid dienone is 2. The predicted octanol–water partition coefficient (Wildman–Crippen LogP) is 4.20. The summed E-state index contributed by atoms with van der Waals surface area (Å²) in [6.45, 7) is -0.107. The average Bonchev–Trinajstić information content (AvgIpc) is 3.23. The number of aromatic nitrogens is 3. The second-order valence-electron chi connectivity index (χ2n) is 6.93. The number of anilines is 1. The summed E-state index contributed by atoms with van der Waals surface area (Å²) in [5, 5.41) is 13.8. The number of benzene rings is 1. The van der Waals surface area contributed by atoms with Crippen LogP contribution >= 0.6 is 11.8 Å². The van der Waals surface area contributed by atoms with Gasteiger partial charge in [0.1, 0.15) is 11.4 Å². The van der Waals surface area contributed by atoms with Crippen molar-refractivity contribution in [3.05, 3.63) is 85.0 Å².